The second kappa shape index (κ2) is 4.51. The van der Waals surface area contributed by atoms with Gasteiger partial charge in [0.2, 0.25) is 0 Å². The first-order valence-electron chi connectivity index (χ1n) is 3.94. The first-order chi connectivity index (χ1) is 6.92. The van der Waals surface area contributed by atoms with Crippen LogP contribution in [0.2, 0.25) is 10.0 Å². The van der Waals surface area contributed by atoms with Crippen LogP contribution in [0.3, 0.4) is 0 Å². The van der Waals surface area contributed by atoms with Gasteiger partial charge in [-0.15, -0.1) is 0 Å². The number of rotatable bonds is 3. The molecule has 0 atom stereocenters. The van der Waals surface area contributed by atoms with Crippen LogP contribution >= 0.6 is 23.2 Å². The van der Waals surface area contributed by atoms with Gasteiger partial charge in [0.15, 0.2) is 0 Å². The second-order valence-corrected chi connectivity index (χ2v) is 3.67. The average molecular weight is 257 g/mol. The molecule has 0 radical (unpaired) electrons. The van der Waals surface area contributed by atoms with E-state index in [0.717, 1.165) is 6.07 Å². The van der Waals surface area contributed by atoms with Gasteiger partial charge in [-0.1, -0.05) is 23.2 Å². The van der Waals surface area contributed by atoms with Gasteiger partial charge in [0, 0.05) is 5.02 Å². The summed E-state index contributed by atoms with van der Waals surface area (Å²) in [6.45, 7) is -1.33. The lowest BCUT2D eigenvalue weighted by atomic mass is 10.1. The zero-order valence-corrected chi connectivity index (χ0v) is 9.24. The quantitative estimate of drug-likeness (QED) is 0.901. The van der Waals surface area contributed by atoms with Crippen molar-refractivity contribution in [3.8, 4) is 5.75 Å². The molecule has 15 heavy (non-hydrogen) atoms. The summed E-state index contributed by atoms with van der Waals surface area (Å²) < 4.78 is 31.2. The fourth-order valence-corrected chi connectivity index (χ4v) is 1.70. The summed E-state index contributed by atoms with van der Waals surface area (Å²) in [4.78, 5) is 0. The number of halogens is 4. The molecule has 0 unspecified atom stereocenters. The third kappa shape index (κ3) is 2.51. The number of hydrogen-bond acceptors (Lipinski definition) is 2. The van der Waals surface area contributed by atoms with Crippen molar-refractivity contribution in [2.75, 3.05) is 13.7 Å². The zero-order chi connectivity index (χ0) is 11.6. The number of alkyl halides is 2. The van der Waals surface area contributed by atoms with E-state index in [1.54, 1.807) is 0 Å². The number of aliphatic hydroxyl groups excluding tert-OH is 1. The average Bonchev–Trinajstić information content (AvgIpc) is 2.16. The smallest absolute Gasteiger partial charge is 0.299 e. The molecule has 0 aliphatic heterocycles. The highest BCUT2D eigenvalue weighted by Gasteiger charge is 2.35. The molecule has 0 aliphatic carbocycles. The molecule has 2 nitrogen and oxygen atoms in total. The van der Waals surface area contributed by atoms with E-state index in [9.17, 15) is 8.78 Å². The van der Waals surface area contributed by atoms with Gasteiger partial charge in [0.25, 0.3) is 5.92 Å². The Morgan fingerprint density at radius 2 is 2.00 bits per heavy atom. The number of ether oxygens (including phenoxy) is 1. The normalized spacial score (nSPS) is 11.6. The van der Waals surface area contributed by atoms with Crippen molar-refractivity contribution in [2.24, 2.45) is 0 Å². The van der Waals surface area contributed by atoms with Crippen LogP contribution in [0.5, 0.6) is 5.75 Å². The van der Waals surface area contributed by atoms with Crippen LogP contribution in [-0.2, 0) is 5.92 Å². The van der Waals surface area contributed by atoms with Crippen molar-refractivity contribution in [3.05, 3.63) is 27.7 Å². The standard InChI is InChI=1S/C9H8Cl2F2O2/c1-15-8-6(9(12,13)4-14)2-5(10)3-7(8)11/h2-3,14H,4H2,1H3. The Labute approximate surface area is 95.4 Å². The molecule has 0 fully saturated rings. The summed E-state index contributed by atoms with van der Waals surface area (Å²) in [6.07, 6.45) is 0. The summed E-state index contributed by atoms with van der Waals surface area (Å²) in [5.41, 5.74) is -0.523. The molecule has 0 spiro atoms. The molecule has 0 aliphatic rings. The van der Waals surface area contributed by atoms with Gasteiger partial charge in [-0.3, -0.25) is 0 Å². The van der Waals surface area contributed by atoms with Crippen molar-refractivity contribution < 1.29 is 18.6 Å². The lowest BCUT2D eigenvalue weighted by molar-refractivity contribution is -0.0571. The summed E-state index contributed by atoms with van der Waals surface area (Å²) >= 11 is 11.3. The van der Waals surface area contributed by atoms with Gasteiger partial charge >= 0.3 is 0 Å². The Morgan fingerprint density at radius 3 is 2.47 bits per heavy atom. The molecule has 0 amide bonds. The molecule has 0 bridgehead atoms. The minimum Gasteiger partial charge on any atom is -0.495 e. The minimum absolute atomic E-state index is 0.0203. The SMILES string of the molecule is COc1c(Cl)cc(Cl)cc1C(F)(F)CO. The number of benzene rings is 1. The second-order valence-electron chi connectivity index (χ2n) is 2.83. The molecule has 6 heteroatoms. The highest BCUT2D eigenvalue weighted by molar-refractivity contribution is 6.35. The highest BCUT2D eigenvalue weighted by Crippen LogP contribution is 2.40. The summed E-state index contributed by atoms with van der Waals surface area (Å²) in [6, 6.07) is 2.31. The van der Waals surface area contributed by atoms with E-state index in [4.69, 9.17) is 33.0 Å². The molecule has 0 saturated carbocycles. The van der Waals surface area contributed by atoms with Crippen LogP contribution in [0.25, 0.3) is 0 Å². The van der Waals surface area contributed by atoms with Gasteiger partial charge < -0.3 is 9.84 Å². The molecule has 1 rings (SSSR count). The van der Waals surface area contributed by atoms with E-state index in [2.05, 4.69) is 0 Å². The van der Waals surface area contributed by atoms with Crippen molar-refractivity contribution in [1.82, 2.24) is 0 Å². The van der Waals surface area contributed by atoms with Gasteiger partial charge in [-0.05, 0) is 12.1 Å². The summed E-state index contributed by atoms with van der Waals surface area (Å²) in [5.74, 6) is -3.61. The van der Waals surface area contributed by atoms with Crippen LogP contribution in [0.4, 0.5) is 8.78 Å². The Balaban J connectivity index is 3.39. The van der Waals surface area contributed by atoms with Gasteiger partial charge in [-0.25, -0.2) is 0 Å². The lowest BCUT2D eigenvalue weighted by Gasteiger charge is -2.18. The molecule has 1 aromatic carbocycles. The minimum atomic E-state index is -3.43. The maximum Gasteiger partial charge on any atom is 0.299 e. The fourth-order valence-electron chi connectivity index (χ4n) is 1.12. The largest absolute Gasteiger partial charge is 0.495 e. The van der Waals surface area contributed by atoms with E-state index in [0.29, 0.717) is 0 Å². The van der Waals surface area contributed by atoms with E-state index >= 15 is 0 Å². The molecular formula is C9H8Cl2F2O2. The Hall–Kier alpha value is -0.580. The van der Waals surface area contributed by atoms with Crippen LogP contribution < -0.4 is 4.74 Å². The maximum atomic E-state index is 13.2. The van der Waals surface area contributed by atoms with Crippen molar-refractivity contribution in [2.45, 2.75) is 5.92 Å². The fraction of sp³-hybridized carbons (Fsp3) is 0.333. The molecule has 1 aromatic rings. The Morgan fingerprint density at radius 1 is 1.40 bits per heavy atom. The van der Waals surface area contributed by atoms with Crippen LogP contribution in [0, 0.1) is 0 Å². The Bertz CT molecular complexity index is 369. The van der Waals surface area contributed by atoms with Crippen LogP contribution in [0.15, 0.2) is 12.1 Å². The van der Waals surface area contributed by atoms with Crippen molar-refractivity contribution in [1.29, 1.82) is 0 Å². The number of aliphatic hydroxyl groups is 1. The van der Waals surface area contributed by atoms with Crippen LogP contribution in [-0.4, -0.2) is 18.8 Å². The van der Waals surface area contributed by atoms with E-state index in [1.807, 2.05) is 0 Å². The Kier molecular flexibility index (Phi) is 3.76. The van der Waals surface area contributed by atoms with Crippen molar-refractivity contribution >= 4 is 23.2 Å². The first-order valence-corrected chi connectivity index (χ1v) is 4.70. The molecule has 84 valence electrons. The van der Waals surface area contributed by atoms with E-state index in [1.165, 1.54) is 13.2 Å². The summed E-state index contributed by atoms with van der Waals surface area (Å²) in [7, 11) is 1.21. The lowest BCUT2D eigenvalue weighted by Crippen LogP contribution is -2.19. The van der Waals surface area contributed by atoms with Crippen molar-refractivity contribution in [3.63, 3.8) is 0 Å². The topological polar surface area (TPSA) is 29.5 Å². The zero-order valence-electron chi connectivity index (χ0n) is 7.73. The number of hydrogen-bond donors (Lipinski definition) is 1. The third-order valence-corrected chi connectivity index (χ3v) is 2.30. The predicted octanol–water partition coefficient (Wildman–Crippen LogP) is 3.09. The highest BCUT2D eigenvalue weighted by atomic mass is 35.5. The predicted molar refractivity (Wildman–Crippen MR) is 54.0 cm³/mol. The maximum absolute atomic E-state index is 13.2. The van der Waals surface area contributed by atoms with E-state index < -0.39 is 18.1 Å². The van der Waals surface area contributed by atoms with Gasteiger partial charge in [0.1, 0.15) is 12.4 Å². The molecule has 1 N–H and O–H groups in total. The number of methoxy groups -OCH3 is 1. The monoisotopic (exact) mass is 256 g/mol. The third-order valence-electron chi connectivity index (χ3n) is 1.81. The van der Waals surface area contributed by atoms with Gasteiger partial charge in [0.05, 0.1) is 17.7 Å². The van der Waals surface area contributed by atoms with Gasteiger partial charge in [-0.2, -0.15) is 8.78 Å². The summed E-state index contributed by atoms with van der Waals surface area (Å²) in [5, 5.41) is 8.60. The molecular weight excluding hydrogens is 249 g/mol. The van der Waals surface area contributed by atoms with E-state index in [-0.39, 0.29) is 15.8 Å². The molecule has 0 aromatic heterocycles. The molecule has 0 saturated heterocycles. The van der Waals surface area contributed by atoms with Crippen LogP contribution in [0.1, 0.15) is 5.56 Å². The first kappa shape index (κ1) is 12.5. The molecule has 0 heterocycles.